The van der Waals surface area contributed by atoms with Crippen LogP contribution in [0.3, 0.4) is 0 Å². The summed E-state index contributed by atoms with van der Waals surface area (Å²) in [6, 6.07) is 8.02. The van der Waals surface area contributed by atoms with E-state index in [1.807, 2.05) is 25.1 Å². The minimum Gasteiger partial charge on any atom is -0.479 e. The average Bonchev–Trinajstić information content (AvgIpc) is 2.98. The Labute approximate surface area is 130 Å². The molecule has 1 saturated carbocycles. The monoisotopic (exact) mass is 305 g/mol. The summed E-state index contributed by atoms with van der Waals surface area (Å²) < 4.78 is 4.87. The van der Waals surface area contributed by atoms with Gasteiger partial charge in [-0.25, -0.2) is 4.79 Å². The van der Waals surface area contributed by atoms with Gasteiger partial charge in [0.2, 0.25) is 5.91 Å². The van der Waals surface area contributed by atoms with Gasteiger partial charge in [-0.3, -0.25) is 4.79 Å². The van der Waals surface area contributed by atoms with E-state index in [0.29, 0.717) is 0 Å². The van der Waals surface area contributed by atoms with Crippen LogP contribution in [0.4, 0.5) is 0 Å². The van der Waals surface area contributed by atoms with Crippen LogP contribution in [0, 0.1) is 6.92 Å². The maximum absolute atomic E-state index is 12.8. The molecule has 1 amide bonds. The Morgan fingerprint density at radius 1 is 1.36 bits per heavy atom. The van der Waals surface area contributed by atoms with Gasteiger partial charge in [0.1, 0.15) is 0 Å². The van der Waals surface area contributed by atoms with Crippen LogP contribution in [0.1, 0.15) is 36.8 Å². The molecule has 120 valence electrons. The molecule has 2 N–H and O–H groups in total. The SMILES string of the molecule is COC(CNC(=O)C1(c2cccc(C)c2)CCCC1)C(=O)O. The molecule has 0 bridgehead atoms. The lowest BCUT2D eigenvalue weighted by Crippen LogP contribution is -2.46. The van der Waals surface area contributed by atoms with Gasteiger partial charge in [0.15, 0.2) is 6.10 Å². The lowest BCUT2D eigenvalue weighted by atomic mass is 9.77. The largest absolute Gasteiger partial charge is 0.479 e. The smallest absolute Gasteiger partial charge is 0.334 e. The predicted octanol–water partition coefficient (Wildman–Crippen LogP) is 2.02. The molecule has 1 aromatic rings. The summed E-state index contributed by atoms with van der Waals surface area (Å²) in [6.07, 6.45) is 2.60. The second-order valence-electron chi connectivity index (χ2n) is 5.93. The maximum Gasteiger partial charge on any atom is 0.334 e. The number of hydrogen-bond donors (Lipinski definition) is 2. The normalized spacial score (nSPS) is 17.9. The number of benzene rings is 1. The van der Waals surface area contributed by atoms with E-state index in [0.717, 1.165) is 36.8 Å². The quantitative estimate of drug-likeness (QED) is 0.843. The molecule has 1 aliphatic rings. The first kappa shape index (κ1) is 16.5. The van der Waals surface area contributed by atoms with Crippen molar-refractivity contribution in [2.24, 2.45) is 0 Å². The van der Waals surface area contributed by atoms with Crippen LogP contribution in [-0.2, 0) is 19.7 Å². The van der Waals surface area contributed by atoms with Crippen LogP contribution in [0.2, 0.25) is 0 Å². The number of aliphatic carboxylic acids is 1. The summed E-state index contributed by atoms with van der Waals surface area (Å²) in [5.41, 5.74) is 1.60. The highest BCUT2D eigenvalue weighted by molar-refractivity contribution is 5.89. The summed E-state index contributed by atoms with van der Waals surface area (Å²) in [4.78, 5) is 23.7. The van der Waals surface area contributed by atoms with Crippen LogP contribution in [0.5, 0.6) is 0 Å². The maximum atomic E-state index is 12.8. The molecule has 0 radical (unpaired) electrons. The Kier molecular flexibility index (Phi) is 5.19. The number of amides is 1. The number of rotatable bonds is 6. The van der Waals surface area contributed by atoms with Gasteiger partial charge in [-0.15, -0.1) is 0 Å². The molecule has 0 aromatic heterocycles. The molecule has 1 fully saturated rings. The van der Waals surface area contributed by atoms with E-state index < -0.39 is 17.5 Å². The topological polar surface area (TPSA) is 75.6 Å². The van der Waals surface area contributed by atoms with E-state index in [1.165, 1.54) is 7.11 Å². The Bertz CT molecular complexity index is 549. The van der Waals surface area contributed by atoms with Crippen molar-refractivity contribution in [2.75, 3.05) is 13.7 Å². The summed E-state index contributed by atoms with van der Waals surface area (Å²) in [5, 5.41) is 11.8. The standard InChI is InChI=1S/C17H23NO4/c1-12-6-5-7-13(10-12)17(8-3-4-9-17)16(21)18-11-14(22-2)15(19)20/h5-7,10,14H,3-4,8-9,11H2,1-2H3,(H,18,21)(H,19,20). The van der Waals surface area contributed by atoms with Gasteiger partial charge in [0.05, 0.1) is 12.0 Å². The van der Waals surface area contributed by atoms with Crippen molar-refractivity contribution in [1.82, 2.24) is 5.32 Å². The fourth-order valence-corrected chi connectivity index (χ4v) is 3.19. The van der Waals surface area contributed by atoms with E-state index in [1.54, 1.807) is 0 Å². The van der Waals surface area contributed by atoms with E-state index in [2.05, 4.69) is 11.4 Å². The molecule has 0 spiro atoms. The summed E-state index contributed by atoms with van der Waals surface area (Å²) in [7, 11) is 1.33. The van der Waals surface area contributed by atoms with Crippen LogP contribution in [0.15, 0.2) is 24.3 Å². The van der Waals surface area contributed by atoms with E-state index >= 15 is 0 Å². The highest BCUT2D eigenvalue weighted by atomic mass is 16.5. The summed E-state index contributed by atoms with van der Waals surface area (Å²) in [5.74, 6) is -1.17. The van der Waals surface area contributed by atoms with Crippen molar-refractivity contribution >= 4 is 11.9 Å². The molecule has 0 aliphatic heterocycles. The number of carboxylic acids is 1. The first-order valence-electron chi connectivity index (χ1n) is 7.60. The molecule has 0 heterocycles. The Morgan fingerprint density at radius 2 is 2.05 bits per heavy atom. The highest BCUT2D eigenvalue weighted by Crippen LogP contribution is 2.41. The van der Waals surface area contributed by atoms with E-state index in [9.17, 15) is 9.59 Å². The Hall–Kier alpha value is -1.88. The molecule has 5 heteroatoms. The van der Waals surface area contributed by atoms with Crippen molar-refractivity contribution in [3.63, 3.8) is 0 Å². The molecular formula is C17H23NO4. The Balaban J connectivity index is 2.17. The molecule has 1 unspecified atom stereocenters. The second kappa shape index (κ2) is 6.92. The van der Waals surface area contributed by atoms with Crippen molar-refractivity contribution in [1.29, 1.82) is 0 Å². The molecular weight excluding hydrogens is 282 g/mol. The molecule has 5 nitrogen and oxygen atoms in total. The first-order chi connectivity index (χ1) is 10.5. The van der Waals surface area contributed by atoms with Gasteiger partial charge in [0.25, 0.3) is 0 Å². The number of carbonyl (C=O) groups excluding carboxylic acids is 1. The first-order valence-corrected chi connectivity index (χ1v) is 7.60. The van der Waals surface area contributed by atoms with Crippen LogP contribution < -0.4 is 5.32 Å². The van der Waals surface area contributed by atoms with Gasteiger partial charge in [-0.05, 0) is 25.3 Å². The lowest BCUT2D eigenvalue weighted by Gasteiger charge is -2.29. The number of nitrogens with one attached hydrogen (secondary N) is 1. The zero-order valence-electron chi connectivity index (χ0n) is 13.1. The van der Waals surface area contributed by atoms with Gasteiger partial charge < -0.3 is 15.2 Å². The molecule has 22 heavy (non-hydrogen) atoms. The van der Waals surface area contributed by atoms with Gasteiger partial charge in [0, 0.05) is 7.11 Å². The number of methoxy groups -OCH3 is 1. The second-order valence-corrected chi connectivity index (χ2v) is 5.93. The molecule has 0 saturated heterocycles. The third-order valence-corrected chi connectivity index (χ3v) is 4.47. The van der Waals surface area contributed by atoms with Gasteiger partial charge >= 0.3 is 5.97 Å². The van der Waals surface area contributed by atoms with Gasteiger partial charge in [-0.1, -0.05) is 42.7 Å². The van der Waals surface area contributed by atoms with Gasteiger partial charge in [-0.2, -0.15) is 0 Å². The lowest BCUT2D eigenvalue weighted by molar-refractivity contribution is -0.148. The molecule has 2 rings (SSSR count). The van der Waals surface area contributed by atoms with Crippen molar-refractivity contribution in [3.05, 3.63) is 35.4 Å². The minimum atomic E-state index is -1.07. The third kappa shape index (κ3) is 3.30. The zero-order chi connectivity index (χ0) is 16.2. The molecule has 1 aromatic carbocycles. The Morgan fingerprint density at radius 3 is 2.59 bits per heavy atom. The number of aryl methyl sites for hydroxylation is 1. The van der Waals surface area contributed by atoms with E-state index in [-0.39, 0.29) is 12.5 Å². The zero-order valence-corrected chi connectivity index (χ0v) is 13.1. The number of ether oxygens (including phenoxy) is 1. The summed E-state index contributed by atoms with van der Waals surface area (Å²) >= 11 is 0. The van der Waals surface area contributed by atoms with E-state index in [4.69, 9.17) is 9.84 Å². The molecule has 1 atom stereocenters. The van der Waals surface area contributed by atoms with Crippen molar-refractivity contribution in [2.45, 2.75) is 44.1 Å². The van der Waals surface area contributed by atoms with Crippen molar-refractivity contribution in [3.8, 4) is 0 Å². The minimum absolute atomic E-state index is 0.0156. The number of hydrogen-bond acceptors (Lipinski definition) is 3. The van der Waals surface area contributed by atoms with Crippen LogP contribution >= 0.6 is 0 Å². The van der Waals surface area contributed by atoms with Crippen molar-refractivity contribution < 1.29 is 19.4 Å². The average molecular weight is 305 g/mol. The number of carbonyl (C=O) groups is 2. The number of carboxylic acid groups (broad SMARTS) is 1. The summed E-state index contributed by atoms with van der Waals surface area (Å²) in [6.45, 7) is 1.99. The predicted molar refractivity (Wildman–Crippen MR) is 82.8 cm³/mol. The van der Waals surface area contributed by atoms with Crippen LogP contribution in [0.25, 0.3) is 0 Å². The highest BCUT2D eigenvalue weighted by Gasteiger charge is 2.42. The third-order valence-electron chi connectivity index (χ3n) is 4.47. The molecule has 1 aliphatic carbocycles. The fraction of sp³-hybridized carbons (Fsp3) is 0.529. The van der Waals surface area contributed by atoms with Crippen LogP contribution in [-0.4, -0.2) is 36.7 Å². The fourth-order valence-electron chi connectivity index (χ4n) is 3.19.